The number of carbonyl (C=O) groups excluding carboxylic acids is 1. The Labute approximate surface area is 128 Å². The summed E-state index contributed by atoms with van der Waals surface area (Å²) in [7, 11) is 0. The Morgan fingerprint density at radius 2 is 2.19 bits per heavy atom. The summed E-state index contributed by atoms with van der Waals surface area (Å²) < 4.78 is 0. The lowest BCUT2D eigenvalue weighted by Crippen LogP contribution is -2.41. The fourth-order valence-corrected chi connectivity index (χ4v) is 3.78. The number of fused-ring (bicyclic) bond motifs is 1. The number of nitrogen functional groups attached to an aromatic ring is 1. The van der Waals surface area contributed by atoms with Crippen LogP contribution in [0.5, 0.6) is 0 Å². The average Bonchev–Trinajstić information content (AvgIpc) is 2.85. The van der Waals surface area contributed by atoms with Gasteiger partial charge >= 0.3 is 0 Å². The number of nitrogens with two attached hydrogens (primary N) is 1. The molecule has 0 atom stereocenters. The van der Waals surface area contributed by atoms with Gasteiger partial charge in [0.15, 0.2) is 0 Å². The number of nitrogens with zero attached hydrogens (tertiary/aromatic N) is 3. The number of amides is 1. The fourth-order valence-electron chi connectivity index (χ4n) is 2.78. The molecule has 0 unspecified atom stereocenters. The minimum atomic E-state index is 0.0358. The molecule has 6 heteroatoms. The predicted molar refractivity (Wildman–Crippen MR) is 85.4 cm³/mol. The number of likely N-dealkylation sites (tertiary alicyclic amines) is 1. The zero-order valence-electron chi connectivity index (χ0n) is 12.4. The minimum Gasteiger partial charge on any atom is -0.397 e. The molecule has 3 rings (SSSR count). The van der Waals surface area contributed by atoms with E-state index in [1.807, 2.05) is 11.0 Å². The van der Waals surface area contributed by atoms with Crippen LogP contribution in [0.2, 0.25) is 0 Å². The van der Waals surface area contributed by atoms with Crippen molar-refractivity contribution in [3.05, 3.63) is 17.1 Å². The fraction of sp³-hybridized carbons (Fsp3) is 0.533. The van der Waals surface area contributed by atoms with E-state index in [0.29, 0.717) is 16.0 Å². The molecule has 1 aliphatic heterocycles. The second-order valence-electron chi connectivity index (χ2n) is 6.05. The Kier molecular flexibility index (Phi) is 3.57. The van der Waals surface area contributed by atoms with Gasteiger partial charge in [-0.25, -0.2) is 0 Å². The van der Waals surface area contributed by atoms with E-state index in [4.69, 9.17) is 5.73 Å². The van der Waals surface area contributed by atoms with Crippen molar-refractivity contribution in [3.63, 3.8) is 0 Å². The standard InChI is InChI=1S/C15H20N4OS/c1-3-15(2)5-8-19(9-6-15)14(20)12-11(16)10-4-7-17-18-13(10)21-12/h4,7H,3,5-6,8-9,16H2,1-2H3. The average molecular weight is 304 g/mol. The molecular weight excluding hydrogens is 284 g/mol. The molecule has 1 aliphatic rings. The summed E-state index contributed by atoms with van der Waals surface area (Å²) in [6.45, 7) is 6.14. The summed E-state index contributed by atoms with van der Waals surface area (Å²) in [5.74, 6) is 0.0358. The first-order valence-electron chi connectivity index (χ1n) is 7.33. The second kappa shape index (κ2) is 5.26. The lowest BCUT2D eigenvalue weighted by molar-refractivity contribution is 0.0606. The Morgan fingerprint density at radius 3 is 2.81 bits per heavy atom. The van der Waals surface area contributed by atoms with Crippen molar-refractivity contribution >= 4 is 33.1 Å². The summed E-state index contributed by atoms with van der Waals surface area (Å²) >= 11 is 1.34. The highest BCUT2D eigenvalue weighted by atomic mass is 32.1. The van der Waals surface area contributed by atoms with Crippen molar-refractivity contribution in [1.82, 2.24) is 15.1 Å². The van der Waals surface area contributed by atoms with E-state index in [1.165, 1.54) is 11.3 Å². The smallest absolute Gasteiger partial charge is 0.266 e. The van der Waals surface area contributed by atoms with Crippen molar-refractivity contribution in [2.75, 3.05) is 18.8 Å². The molecule has 1 saturated heterocycles. The van der Waals surface area contributed by atoms with Crippen LogP contribution < -0.4 is 5.73 Å². The van der Waals surface area contributed by atoms with Crippen molar-refractivity contribution in [2.45, 2.75) is 33.1 Å². The van der Waals surface area contributed by atoms with Crippen molar-refractivity contribution < 1.29 is 4.79 Å². The number of rotatable bonds is 2. The van der Waals surface area contributed by atoms with Crippen LogP contribution in [0, 0.1) is 5.41 Å². The number of anilines is 1. The zero-order valence-corrected chi connectivity index (χ0v) is 13.2. The maximum atomic E-state index is 12.7. The van der Waals surface area contributed by atoms with Crippen LogP contribution in [0.1, 0.15) is 42.8 Å². The highest BCUT2D eigenvalue weighted by Crippen LogP contribution is 2.37. The Bertz CT molecular complexity index is 673. The first-order valence-corrected chi connectivity index (χ1v) is 8.15. The monoisotopic (exact) mass is 304 g/mol. The molecule has 1 fully saturated rings. The van der Waals surface area contributed by atoms with E-state index in [2.05, 4.69) is 24.0 Å². The van der Waals surface area contributed by atoms with Crippen molar-refractivity contribution in [2.24, 2.45) is 5.41 Å². The van der Waals surface area contributed by atoms with E-state index in [0.717, 1.165) is 42.6 Å². The van der Waals surface area contributed by atoms with Gasteiger partial charge < -0.3 is 10.6 Å². The van der Waals surface area contributed by atoms with Gasteiger partial charge in [0.25, 0.3) is 5.91 Å². The summed E-state index contributed by atoms with van der Waals surface area (Å²) in [6, 6.07) is 1.81. The normalized spacial score (nSPS) is 18.1. The molecule has 0 aliphatic carbocycles. The van der Waals surface area contributed by atoms with E-state index < -0.39 is 0 Å². The predicted octanol–water partition coefficient (Wildman–Crippen LogP) is 2.93. The SMILES string of the molecule is CCC1(C)CCN(C(=O)c2sc3nnccc3c2N)CC1. The van der Waals surface area contributed by atoms with Gasteiger partial charge in [-0.15, -0.1) is 16.4 Å². The van der Waals surface area contributed by atoms with Crippen LogP contribution in [-0.4, -0.2) is 34.1 Å². The molecule has 2 aromatic heterocycles. The number of thiophene rings is 1. The van der Waals surface area contributed by atoms with E-state index in [-0.39, 0.29) is 5.91 Å². The number of aromatic nitrogens is 2. The summed E-state index contributed by atoms with van der Waals surface area (Å²) in [6.07, 6.45) is 4.88. The van der Waals surface area contributed by atoms with Crippen LogP contribution in [0.3, 0.4) is 0 Å². The first-order chi connectivity index (χ1) is 10.0. The molecule has 3 heterocycles. The van der Waals surface area contributed by atoms with Crippen LogP contribution in [-0.2, 0) is 0 Å². The number of hydrogen-bond donors (Lipinski definition) is 1. The summed E-state index contributed by atoms with van der Waals surface area (Å²) in [5.41, 5.74) is 7.03. The first kappa shape index (κ1) is 14.3. The van der Waals surface area contributed by atoms with Gasteiger partial charge in [0.05, 0.1) is 11.9 Å². The van der Waals surface area contributed by atoms with Gasteiger partial charge in [-0.1, -0.05) is 20.3 Å². The third-order valence-corrected chi connectivity index (χ3v) is 5.82. The summed E-state index contributed by atoms with van der Waals surface area (Å²) in [4.78, 5) is 16.0. The van der Waals surface area contributed by atoms with Crippen LogP contribution in [0.25, 0.3) is 10.2 Å². The Morgan fingerprint density at radius 1 is 1.48 bits per heavy atom. The molecule has 0 saturated carbocycles. The van der Waals surface area contributed by atoms with Crippen LogP contribution in [0.15, 0.2) is 12.3 Å². The van der Waals surface area contributed by atoms with Crippen molar-refractivity contribution in [1.29, 1.82) is 0 Å². The van der Waals surface area contributed by atoms with Gasteiger partial charge in [0, 0.05) is 18.5 Å². The molecule has 0 radical (unpaired) electrons. The van der Waals surface area contributed by atoms with Crippen molar-refractivity contribution in [3.8, 4) is 0 Å². The number of piperidine rings is 1. The van der Waals surface area contributed by atoms with E-state index in [9.17, 15) is 4.79 Å². The van der Waals surface area contributed by atoms with Gasteiger partial charge in [0.1, 0.15) is 9.71 Å². The highest BCUT2D eigenvalue weighted by molar-refractivity contribution is 7.21. The topological polar surface area (TPSA) is 72.1 Å². The molecule has 0 aromatic carbocycles. The Hall–Kier alpha value is -1.69. The second-order valence-corrected chi connectivity index (χ2v) is 7.05. The molecule has 5 nitrogen and oxygen atoms in total. The molecule has 0 bridgehead atoms. The number of carbonyl (C=O) groups is 1. The number of hydrogen-bond acceptors (Lipinski definition) is 5. The van der Waals surface area contributed by atoms with Gasteiger partial charge in [-0.2, -0.15) is 5.10 Å². The van der Waals surface area contributed by atoms with Gasteiger partial charge in [-0.05, 0) is 24.3 Å². The van der Waals surface area contributed by atoms with E-state index in [1.54, 1.807) is 6.20 Å². The third kappa shape index (κ3) is 2.48. The lowest BCUT2D eigenvalue weighted by Gasteiger charge is -2.38. The highest BCUT2D eigenvalue weighted by Gasteiger charge is 2.32. The minimum absolute atomic E-state index is 0.0358. The molecule has 1 amide bonds. The lowest BCUT2D eigenvalue weighted by atomic mass is 9.78. The maximum Gasteiger partial charge on any atom is 0.266 e. The third-order valence-electron chi connectivity index (χ3n) is 4.73. The molecule has 0 spiro atoms. The Balaban J connectivity index is 1.83. The molecule has 112 valence electrons. The maximum absolute atomic E-state index is 12.7. The van der Waals surface area contributed by atoms with Crippen LogP contribution >= 0.6 is 11.3 Å². The quantitative estimate of drug-likeness (QED) is 0.926. The largest absolute Gasteiger partial charge is 0.397 e. The van der Waals surface area contributed by atoms with Gasteiger partial charge in [-0.3, -0.25) is 4.79 Å². The van der Waals surface area contributed by atoms with Gasteiger partial charge in [0.2, 0.25) is 0 Å². The molecule has 21 heavy (non-hydrogen) atoms. The van der Waals surface area contributed by atoms with Crippen LogP contribution in [0.4, 0.5) is 5.69 Å². The zero-order chi connectivity index (χ0) is 15.0. The molecule has 2 N–H and O–H groups in total. The molecule has 2 aromatic rings. The van der Waals surface area contributed by atoms with E-state index >= 15 is 0 Å². The summed E-state index contributed by atoms with van der Waals surface area (Å²) in [5, 5.41) is 8.72. The molecular formula is C15H20N4OS.